The Morgan fingerprint density at radius 3 is 2.06 bits per heavy atom. The number of nitrogens with zero attached hydrogens (tertiary/aromatic N) is 2. The van der Waals surface area contributed by atoms with Crippen molar-refractivity contribution in [3.63, 3.8) is 0 Å². The summed E-state index contributed by atoms with van der Waals surface area (Å²) in [7, 11) is -2.32. The molecule has 0 aromatic heterocycles. The molecule has 2 amide bonds. The van der Waals surface area contributed by atoms with Crippen molar-refractivity contribution in [2.75, 3.05) is 26.4 Å². The molecule has 0 fully saturated rings. The summed E-state index contributed by atoms with van der Waals surface area (Å²) in [5.74, 6) is -1.37. The van der Waals surface area contributed by atoms with Crippen LogP contribution in [0, 0.1) is 5.82 Å². The van der Waals surface area contributed by atoms with Crippen LogP contribution < -0.4 is 5.32 Å². The van der Waals surface area contributed by atoms with Gasteiger partial charge < -0.3 is 10.2 Å². The molecule has 0 aliphatic heterocycles. The third kappa shape index (κ3) is 7.73. The number of hydrogen-bond donors (Lipinski definition) is 1. The van der Waals surface area contributed by atoms with E-state index in [2.05, 4.69) is 5.32 Å². The molecule has 0 spiro atoms. The summed E-state index contributed by atoms with van der Waals surface area (Å²) in [6.45, 7) is -0.100. The number of nitrogens with one attached hydrogen (secondary N) is 1. The zero-order valence-electron chi connectivity index (χ0n) is 20.3. The van der Waals surface area contributed by atoms with Crippen LogP contribution in [-0.2, 0) is 32.6 Å². The first-order valence-electron chi connectivity index (χ1n) is 11.5. The SMILES string of the molecule is CN(CC(=O)N(Cc1ccc(F)cc1)C(C(=O)NCCc1ccccc1)c1ccccc1)S(C)(=O)=O. The van der Waals surface area contributed by atoms with Crippen molar-refractivity contribution in [3.8, 4) is 0 Å². The molecule has 1 atom stereocenters. The second-order valence-corrected chi connectivity index (χ2v) is 10.6. The fraction of sp³-hybridized carbons (Fsp3) is 0.259. The Morgan fingerprint density at radius 1 is 0.889 bits per heavy atom. The van der Waals surface area contributed by atoms with Crippen molar-refractivity contribution >= 4 is 21.8 Å². The smallest absolute Gasteiger partial charge is 0.247 e. The van der Waals surface area contributed by atoms with E-state index in [1.807, 2.05) is 30.3 Å². The number of carbonyl (C=O) groups is 2. The second-order valence-electron chi connectivity index (χ2n) is 8.51. The molecule has 0 aliphatic rings. The number of carbonyl (C=O) groups excluding carboxylic acids is 2. The Morgan fingerprint density at radius 2 is 1.47 bits per heavy atom. The van der Waals surface area contributed by atoms with Gasteiger partial charge in [0.1, 0.15) is 11.9 Å². The Balaban J connectivity index is 1.91. The van der Waals surface area contributed by atoms with Gasteiger partial charge in [-0.1, -0.05) is 72.8 Å². The van der Waals surface area contributed by atoms with Crippen molar-refractivity contribution in [2.24, 2.45) is 0 Å². The predicted molar refractivity (Wildman–Crippen MR) is 137 cm³/mol. The average molecular weight is 512 g/mol. The van der Waals surface area contributed by atoms with E-state index in [-0.39, 0.29) is 6.54 Å². The highest BCUT2D eigenvalue weighted by Crippen LogP contribution is 2.24. The lowest BCUT2D eigenvalue weighted by atomic mass is 10.0. The Bertz CT molecular complexity index is 1250. The quantitative estimate of drug-likeness (QED) is 0.429. The van der Waals surface area contributed by atoms with Crippen molar-refractivity contribution in [1.82, 2.24) is 14.5 Å². The monoisotopic (exact) mass is 511 g/mol. The molecule has 190 valence electrons. The maximum atomic E-state index is 13.5. The van der Waals surface area contributed by atoms with Crippen LogP contribution in [0.5, 0.6) is 0 Å². The van der Waals surface area contributed by atoms with Crippen LogP contribution in [0.25, 0.3) is 0 Å². The molecule has 3 aromatic rings. The first-order chi connectivity index (χ1) is 17.1. The molecule has 7 nitrogen and oxygen atoms in total. The normalized spacial score (nSPS) is 12.2. The fourth-order valence-electron chi connectivity index (χ4n) is 3.69. The first-order valence-corrected chi connectivity index (χ1v) is 13.3. The zero-order valence-corrected chi connectivity index (χ0v) is 21.1. The molecule has 0 aliphatic carbocycles. The lowest BCUT2D eigenvalue weighted by molar-refractivity contribution is -0.141. The summed E-state index contributed by atoms with van der Waals surface area (Å²) in [6.07, 6.45) is 1.62. The van der Waals surface area contributed by atoms with Gasteiger partial charge in [-0.05, 0) is 35.2 Å². The summed E-state index contributed by atoms with van der Waals surface area (Å²) in [5, 5.41) is 2.92. The van der Waals surface area contributed by atoms with E-state index in [1.54, 1.807) is 30.3 Å². The molecule has 9 heteroatoms. The maximum Gasteiger partial charge on any atom is 0.247 e. The average Bonchev–Trinajstić information content (AvgIpc) is 2.85. The van der Waals surface area contributed by atoms with E-state index in [0.29, 0.717) is 24.1 Å². The molecule has 0 bridgehead atoms. The number of sulfonamides is 1. The van der Waals surface area contributed by atoms with Gasteiger partial charge in [0.05, 0.1) is 12.8 Å². The highest BCUT2D eigenvalue weighted by Gasteiger charge is 2.32. The van der Waals surface area contributed by atoms with E-state index >= 15 is 0 Å². The molecule has 1 unspecified atom stereocenters. The van der Waals surface area contributed by atoms with Gasteiger partial charge in [-0.2, -0.15) is 4.31 Å². The first kappa shape index (κ1) is 27.0. The topological polar surface area (TPSA) is 86.8 Å². The van der Waals surface area contributed by atoms with E-state index in [1.165, 1.54) is 36.2 Å². The lowest BCUT2D eigenvalue weighted by Gasteiger charge is -2.32. The Hall–Kier alpha value is -3.56. The molecule has 1 N–H and O–H groups in total. The van der Waals surface area contributed by atoms with Gasteiger partial charge in [-0.25, -0.2) is 12.8 Å². The van der Waals surface area contributed by atoms with E-state index in [9.17, 15) is 22.4 Å². The van der Waals surface area contributed by atoms with Crippen LogP contribution in [0.1, 0.15) is 22.7 Å². The van der Waals surface area contributed by atoms with Gasteiger partial charge in [0, 0.05) is 20.1 Å². The van der Waals surface area contributed by atoms with Crippen molar-refractivity contribution in [1.29, 1.82) is 0 Å². The van der Waals surface area contributed by atoms with Gasteiger partial charge in [-0.15, -0.1) is 0 Å². The minimum absolute atomic E-state index is 0.0115. The minimum atomic E-state index is -3.63. The van der Waals surface area contributed by atoms with Crippen LogP contribution in [-0.4, -0.2) is 55.8 Å². The Kier molecular flexibility index (Phi) is 9.32. The summed E-state index contributed by atoms with van der Waals surface area (Å²) < 4.78 is 38.4. The molecular formula is C27H30FN3O4S. The van der Waals surface area contributed by atoms with E-state index in [0.717, 1.165) is 16.1 Å². The highest BCUT2D eigenvalue weighted by atomic mass is 32.2. The standard InChI is InChI=1S/C27H30FN3O4S/c1-30(36(2,34)35)20-25(32)31(19-22-13-15-24(28)16-14-22)26(23-11-7-4-8-12-23)27(33)29-18-17-21-9-5-3-6-10-21/h3-16,26H,17-20H2,1-2H3,(H,29,33). The summed E-state index contributed by atoms with van der Waals surface area (Å²) >= 11 is 0. The molecule has 0 saturated heterocycles. The van der Waals surface area contributed by atoms with Gasteiger partial charge in [0.25, 0.3) is 0 Å². The number of hydrogen-bond acceptors (Lipinski definition) is 4. The number of benzene rings is 3. The van der Waals surface area contributed by atoms with E-state index < -0.39 is 40.2 Å². The van der Waals surface area contributed by atoms with Crippen molar-refractivity contribution in [3.05, 3.63) is 107 Å². The highest BCUT2D eigenvalue weighted by molar-refractivity contribution is 7.88. The van der Waals surface area contributed by atoms with Gasteiger partial charge in [-0.3, -0.25) is 9.59 Å². The summed E-state index contributed by atoms with van der Waals surface area (Å²) in [4.78, 5) is 28.3. The third-order valence-electron chi connectivity index (χ3n) is 5.74. The van der Waals surface area contributed by atoms with Gasteiger partial charge >= 0.3 is 0 Å². The number of likely N-dealkylation sites (N-methyl/N-ethyl adjacent to an activating group) is 1. The van der Waals surface area contributed by atoms with Gasteiger partial charge in [0.15, 0.2) is 0 Å². The second kappa shape index (κ2) is 12.4. The molecule has 3 rings (SSSR count). The number of halogens is 1. The minimum Gasteiger partial charge on any atom is -0.354 e. The van der Waals surface area contributed by atoms with Crippen molar-refractivity contribution in [2.45, 2.75) is 19.0 Å². The Labute approximate surface area is 211 Å². The van der Waals surface area contributed by atoms with Crippen LogP contribution in [0.15, 0.2) is 84.9 Å². The summed E-state index contributed by atoms with van der Waals surface area (Å²) in [6, 6.07) is 23.1. The molecule has 0 radical (unpaired) electrons. The lowest BCUT2D eigenvalue weighted by Crippen LogP contribution is -2.47. The van der Waals surface area contributed by atoms with Gasteiger partial charge in [0.2, 0.25) is 21.8 Å². The molecule has 3 aromatic carbocycles. The predicted octanol–water partition coefficient (Wildman–Crippen LogP) is 3.15. The number of rotatable bonds is 11. The van der Waals surface area contributed by atoms with Crippen LogP contribution in [0.2, 0.25) is 0 Å². The molecule has 0 saturated carbocycles. The molecule has 36 heavy (non-hydrogen) atoms. The third-order valence-corrected chi connectivity index (χ3v) is 7.00. The van der Waals surface area contributed by atoms with E-state index in [4.69, 9.17) is 0 Å². The fourth-order valence-corrected chi connectivity index (χ4v) is 4.03. The maximum absolute atomic E-state index is 13.5. The summed E-state index contributed by atoms with van der Waals surface area (Å²) in [5.41, 5.74) is 2.24. The van der Waals surface area contributed by atoms with Crippen LogP contribution >= 0.6 is 0 Å². The van der Waals surface area contributed by atoms with Crippen LogP contribution in [0.3, 0.4) is 0 Å². The molecular weight excluding hydrogens is 481 g/mol. The zero-order chi connectivity index (χ0) is 26.1. The largest absolute Gasteiger partial charge is 0.354 e. The number of amides is 2. The van der Waals surface area contributed by atoms with Crippen molar-refractivity contribution < 1.29 is 22.4 Å². The molecule has 0 heterocycles. The van der Waals surface area contributed by atoms with Crippen LogP contribution in [0.4, 0.5) is 4.39 Å².